The van der Waals surface area contributed by atoms with Gasteiger partial charge in [0.05, 0.1) is 0 Å². The van der Waals surface area contributed by atoms with E-state index in [2.05, 4.69) is 33.1 Å². The molecule has 1 amide bonds. The second kappa shape index (κ2) is 6.44. The van der Waals surface area contributed by atoms with Crippen molar-refractivity contribution in [2.24, 2.45) is 0 Å². The van der Waals surface area contributed by atoms with Crippen molar-refractivity contribution >= 4 is 18.5 Å². The molecule has 0 aliphatic rings. The highest BCUT2D eigenvalue weighted by Crippen LogP contribution is 2.13. The van der Waals surface area contributed by atoms with E-state index >= 15 is 0 Å². The standard InChI is InChI=1S/C14H14N6OS/c21-14(15-5-8-22)11-9-12(19-6-1-3-16-19)18-13(10-11)20-7-2-4-17-20/h1-4,6-7,9-10,22H,5,8H2,(H,15,21). The van der Waals surface area contributed by atoms with Gasteiger partial charge in [0.15, 0.2) is 11.6 Å². The molecule has 3 heterocycles. The van der Waals surface area contributed by atoms with Crippen LogP contribution in [0.15, 0.2) is 49.1 Å². The highest BCUT2D eigenvalue weighted by Gasteiger charge is 2.12. The first-order chi connectivity index (χ1) is 10.8. The van der Waals surface area contributed by atoms with Crippen molar-refractivity contribution in [1.82, 2.24) is 29.9 Å². The van der Waals surface area contributed by atoms with Crippen LogP contribution in [0.1, 0.15) is 10.4 Å². The number of hydrogen-bond donors (Lipinski definition) is 2. The van der Waals surface area contributed by atoms with Crippen LogP contribution in [-0.2, 0) is 0 Å². The highest BCUT2D eigenvalue weighted by atomic mass is 32.1. The molecule has 3 aromatic rings. The smallest absolute Gasteiger partial charge is 0.251 e. The van der Waals surface area contributed by atoms with E-state index in [1.54, 1.807) is 58.4 Å². The fourth-order valence-electron chi connectivity index (χ4n) is 1.95. The molecule has 0 fully saturated rings. The topological polar surface area (TPSA) is 77.6 Å². The molecule has 22 heavy (non-hydrogen) atoms. The van der Waals surface area contributed by atoms with E-state index in [4.69, 9.17) is 0 Å². The van der Waals surface area contributed by atoms with E-state index in [1.807, 2.05) is 0 Å². The molecule has 112 valence electrons. The Morgan fingerprint density at radius 2 is 1.68 bits per heavy atom. The molecule has 0 unspecified atom stereocenters. The van der Waals surface area contributed by atoms with Crippen LogP contribution in [0.4, 0.5) is 0 Å². The van der Waals surface area contributed by atoms with Gasteiger partial charge in [0.2, 0.25) is 0 Å². The third-order valence-electron chi connectivity index (χ3n) is 2.94. The Hall–Kier alpha value is -2.61. The molecular formula is C14H14N6OS. The fraction of sp³-hybridized carbons (Fsp3) is 0.143. The minimum Gasteiger partial charge on any atom is -0.351 e. The summed E-state index contributed by atoms with van der Waals surface area (Å²) in [5.41, 5.74) is 0.493. The van der Waals surface area contributed by atoms with E-state index in [1.165, 1.54) is 0 Å². The van der Waals surface area contributed by atoms with Crippen LogP contribution in [0.3, 0.4) is 0 Å². The van der Waals surface area contributed by atoms with Crippen molar-refractivity contribution in [1.29, 1.82) is 0 Å². The number of aromatic nitrogens is 5. The third-order valence-corrected chi connectivity index (χ3v) is 3.16. The molecule has 3 rings (SSSR count). The lowest BCUT2D eigenvalue weighted by atomic mass is 10.2. The zero-order valence-corrected chi connectivity index (χ0v) is 12.5. The predicted molar refractivity (Wildman–Crippen MR) is 84.7 cm³/mol. The average molecular weight is 314 g/mol. The molecule has 0 saturated heterocycles. The van der Waals surface area contributed by atoms with Crippen molar-refractivity contribution in [3.8, 4) is 11.6 Å². The van der Waals surface area contributed by atoms with Gasteiger partial charge in [-0.3, -0.25) is 4.79 Å². The highest BCUT2D eigenvalue weighted by molar-refractivity contribution is 7.80. The maximum Gasteiger partial charge on any atom is 0.251 e. The number of carbonyl (C=O) groups excluding carboxylic acids is 1. The maximum absolute atomic E-state index is 12.2. The molecule has 3 aromatic heterocycles. The van der Waals surface area contributed by atoms with E-state index < -0.39 is 0 Å². The first-order valence-electron chi connectivity index (χ1n) is 6.69. The van der Waals surface area contributed by atoms with Gasteiger partial charge in [-0.1, -0.05) is 0 Å². The summed E-state index contributed by atoms with van der Waals surface area (Å²) in [7, 11) is 0. The Bertz CT molecular complexity index is 701. The molecule has 8 heteroatoms. The summed E-state index contributed by atoms with van der Waals surface area (Å²) in [6, 6.07) is 6.97. The second-order valence-corrected chi connectivity index (χ2v) is 4.90. The van der Waals surface area contributed by atoms with Gasteiger partial charge in [-0.05, 0) is 24.3 Å². The van der Waals surface area contributed by atoms with Crippen LogP contribution in [-0.4, -0.2) is 42.7 Å². The van der Waals surface area contributed by atoms with Gasteiger partial charge in [0, 0.05) is 42.6 Å². The Labute approximate surface area is 132 Å². The van der Waals surface area contributed by atoms with E-state index in [0.717, 1.165) is 0 Å². The van der Waals surface area contributed by atoms with Gasteiger partial charge in [-0.25, -0.2) is 14.3 Å². The summed E-state index contributed by atoms with van der Waals surface area (Å²) < 4.78 is 3.20. The number of rotatable bonds is 5. The van der Waals surface area contributed by atoms with Gasteiger partial charge >= 0.3 is 0 Å². The molecule has 7 nitrogen and oxygen atoms in total. The largest absolute Gasteiger partial charge is 0.351 e. The summed E-state index contributed by atoms with van der Waals surface area (Å²) in [6.45, 7) is 0.498. The minimum atomic E-state index is -0.182. The van der Waals surface area contributed by atoms with Crippen molar-refractivity contribution in [2.45, 2.75) is 0 Å². The van der Waals surface area contributed by atoms with Gasteiger partial charge in [0.1, 0.15) is 0 Å². The van der Waals surface area contributed by atoms with Gasteiger partial charge < -0.3 is 5.32 Å². The Morgan fingerprint density at radius 1 is 1.09 bits per heavy atom. The lowest BCUT2D eigenvalue weighted by molar-refractivity contribution is 0.0956. The molecule has 0 aliphatic carbocycles. The number of thiol groups is 1. The van der Waals surface area contributed by atoms with Crippen molar-refractivity contribution < 1.29 is 4.79 Å². The van der Waals surface area contributed by atoms with E-state index in [-0.39, 0.29) is 5.91 Å². The molecule has 1 N–H and O–H groups in total. The second-order valence-electron chi connectivity index (χ2n) is 4.45. The Morgan fingerprint density at radius 3 is 2.14 bits per heavy atom. The summed E-state index contributed by atoms with van der Waals surface area (Å²) in [4.78, 5) is 16.7. The zero-order valence-electron chi connectivity index (χ0n) is 11.6. The van der Waals surface area contributed by atoms with Crippen LogP contribution >= 0.6 is 12.6 Å². The molecule has 0 radical (unpaired) electrons. The SMILES string of the molecule is O=C(NCCS)c1cc(-n2cccn2)nc(-n2cccn2)c1. The normalized spacial score (nSPS) is 10.6. The fourth-order valence-corrected chi connectivity index (χ4v) is 2.06. The maximum atomic E-state index is 12.2. The predicted octanol–water partition coefficient (Wildman–Crippen LogP) is 1.11. The summed E-state index contributed by atoms with van der Waals surface area (Å²) in [5, 5.41) is 11.1. The summed E-state index contributed by atoms with van der Waals surface area (Å²) in [5.74, 6) is 1.50. The van der Waals surface area contributed by atoms with Crippen LogP contribution in [0.2, 0.25) is 0 Å². The van der Waals surface area contributed by atoms with Crippen molar-refractivity contribution in [3.05, 3.63) is 54.6 Å². The quantitative estimate of drug-likeness (QED) is 0.692. The number of nitrogens with zero attached hydrogens (tertiary/aromatic N) is 5. The Kier molecular flexibility index (Phi) is 4.19. The van der Waals surface area contributed by atoms with Gasteiger partial charge in [-0.2, -0.15) is 22.8 Å². The first-order valence-corrected chi connectivity index (χ1v) is 7.32. The minimum absolute atomic E-state index is 0.182. The molecule has 0 saturated carbocycles. The number of carbonyl (C=O) groups is 1. The first kappa shape index (κ1) is 14.3. The number of amides is 1. The zero-order chi connectivity index (χ0) is 15.4. The number of hydrogen-bond acceptors (Lipinski definition) is 5. The van der Waals surface area contributed by atoms with Crippen LogP contribution in [0.25, 0.3) is 11.6 Å². The lowest BCUT2D eigenvalue weighted by Gasteiger charge is -2.09. The summed E-state index contributed by atoms with van der Waals surface area (Å²) >= 11 is 4.09. The van der Waals surface area contributed by atoms with Gasteiger partial charge in [-0.15, -0.1) is 0 Å². The van der Waals surface area contributed by atoms with Crippen LogP contribution < -0.4 is 5.32 Å². The number of pyridine rings is 1. The van der Waals surface area contributed by atoms with Gasteiger partial charge in [0.25, 0.3) is 5.91 Å². The molecule has 0 aliphatic heterocycles. The van der Waals surface area contributed by atoms with E-state index in [9.17, 15) is 4.79 Å². The molecule has 0 atom stereocenters. The van der Waals surface area contributed by atoms with Crippen molar-refractivity contribution in [3.63, 3.8) is 0 Å². The van der Waals surface area contributed by atoms with Crippen LogP contribution in [0.5, 0.6) is 0 Å². The Balaban J connectivity index is 2.04. The number of nitrogens with one attached hydrogen (secondary N) is 1. The molecule has 0 spiro atoms. The van der Waals surface area contributed by atoms with Crippen LogP contribution in [0, 0.1) is 0 Å². The third kappa shape index (κ3) is 3.01. The molecular weight excluding hydrogens is 300 g/mol. The lowest BCUT2D eigenvalue weighted by Crippen LogP contribution is -2.26. The summed E-state index contributed by atoms with van der Waals surface area (Å²) in [6.07, 6.45) is 6.85. The molecule has 0 bridgehead atoms. The van der Waals surface area contributed by atoms with Crippen molar-refractivity contribution in [2.75, 3.05) is 12.3 Å². The van der Waals surface area contributed by atoms with E-state index in [0.29, 0.717) is 29.5 Å². The molecule has 0 aromatic carbocycles. The average Bonchev–Trinajstić information content (AvgIpc) is 3.24. The monoisotopic (exact) mass is 314 g/mol.